The summed E-state index contributed by atoms with van der Waals surface area (Å²) in [6.07, 6.45) is 0. The number of fused-ring (bicyclic) bond motifs is 8. The van der Waals surface area contributed by atoms with Gasteiger partial charge in [0.05, 0.1) is 16.7 Å². The number of nitrogens with zero attached hydrogens (tertiary/aromatic N) is 5. The SMILES string of the molecule is c1ccc(-c2ccc3cc(-c4nc(-c5ccccc5)nc(-n5c6ccccc6c6c7cccc8c7n(c65)-c5ccccc5S8)n4)ccc3c2)cc1. The number of rotatable bonds is 4. The molecule has 0 bridgehead atoms. The summed E-state index contributed by atoms with van der Waals surface area (Å²) in [6, 6.07) is 57.7. The zero-order valence-corrected chi connectivity index (χ0v) is 28.0. The van der Waals surface area contributed by atoms with E-state index in [1.807, 2.05) is 30.0 Å². The largest absolute Gasteiger partial charge is 0.293 e. The van der Waals surface area contributed by atoms with Gasteiger partial charge in [0.15, 0.2) is 11.6 Å². The van der Waals surface area contributed by atoms with Gasteiger partial charge in [-0.3, -0.25) is 9.13 Å². The van der Waals surface area contributed by atoms with Crippen LogP contribution >= 0.6 is 11.8 Å². The Morgan fingerprint density at radius 3 is 1.88 bits per heavy atom. The molecule has 0 radical (unpaired) electrons. The third-order valence-corrected chi connectivity index (χ3v) is 11.1. The van der Waals surface area contributed by atoms with Crippen molar-refractivity contribution in [2.45, 2.75) is 9.79 Å². The second-order valence-corrected chi connectivity index (χ2v) is 14.0. The van der Waals surface area contributed by atoms with Gasteiger partial charge >= 0.3 is 0 Å². The van der Waals surface area contributed by atoms with Gasteiger partial charge in [0.25, 0.3) is 0 Å². The third-order valence-electron chi connectivity index (χ3n) is 9.94. The Hall–Kier alpha value is -6.50. The summed E-state index contributed by atoms with van der Waals surface area (Å²) in [7, 11) is 0. The number of benzene rings is 7. The van der Waals surface area contributed by atoms with Gasteiger partial charge < -0.3 is 0 Å². The van der Waals surface area contributed by atoms with Crippen LogP contribution in [0.25, 0.3) is 89.2 Å². The van der Waals surface area contributed by atoms with E-state index in [1.54, 1.807) is 0 Å². The highest BCUT2D eigenvalue weighted by molar-refractivity contribution is 7.99. The van der Waals surface area contributed by atoms with Gasteiger partial charge in [-0.05, 0) is 58.3 Å². The molecule has 7 aromatic carbocycles. The highest BCUT2D eigenvalue weighted by atomic mass is 32.2. The van der Waals surface area contributed by atoms with E-state index in [0.29, 0.717) is 17.6 Å². The molecule has 0 atom stereocenters. The van der Waals surface area contributed by atoms with Gasteiger partial charge in [-0.1, -0.05) is 139 Å². The van der Waals surface area contributed by atoms with Crippen LogP contribution in [-0.4, -0.2) is 24.1 Å². The van der Waals surface area contributed by atoms with Gasteiger partial charge in [0.2, 0.25) is 5.95 Å². The van der Waals surface area contributed by atoms with Crippen molar-refractivity contribution in [1.29, 1.82) is 0 Å². The molecule has 3 aromatic heterocycles. The van der Waals surface area contributed by atoms with Crippen LogP contribution in [0.5, 0.6) is 0 Å². The second kappa shape index (κ2) is 11.0. The van der Waals surface area contributed by atoms with Gasteiger partial charge in [-0.15, -0.1) is 0 Å². The van der Waals surface area contributed by atoms with Crippen LogP contribution in [0.4, 0.5) is 0 Å². The molecule has 0 amide bonds. The number of hydrogen-bond donors (Lipinski definition) is 0. The summed E-state index contributed by atoms with van der Waals surface area (Å²) >= 11 is 1.83. The van der Waals surface area contributed by atoms with Crippen LogP contribution in [0.3, 0.4) is 0 Å². The van der Waals surface area contributed by atoms with Crippen molar-refractivity contribution in [3.05, 3.63) is 164 Å². The molecule has 11 rings (SSSR count). The highest BCUT2D eigenvalue weighted by Gasteiger charge is 2.28. The molecular weight excluding hydrogens is 643 g/mol. The molecule has 0 saturated carbocycles. The normalized spacial score (nSPS) is 12.2. The molecule has 10 aromatic rings. The zero-order valence-electron chi connectivity index (χ0n) is 27.2. The molecule has 6 heteroatoms. The van der Waals surface area contributed by atoms with Crippen molar-refractivity contribution in [1.82, 2.24) is 24.1 Å². The standard InChI is InChI=1S/C45H27N5S/c1-3-12-28(13-4-1)30-22-23-32-27-33(25-24-31(32)26-30)43-46-42(29-14-5-2-6-15-29)47-45(48-43)50-36-18-8-7-16-34(36)40-35-17-11-21-39-41(35)49(44(40)50)37-19-9-10-20-38(37)51-39/h1-27H. The van der Waals surface area contributed by atoms with E-state index in [-0.39, 0.29) is 0 Å². The molecule has 4 heterocycles. The van der Waals surface area contributed by atoms with Gasteiger partial charge in [-0.2, -0.15) is 9.97 Å². The summed E-state index contributed by atoms with van der Waals surface area (Å²) in [5, 5.41) is 5.89. The van der Waals surface area contributed by atoms with E-state index in [1.165, 1.54) is 48.0 Å². The van der Waals surface area contributed by atoms with E-state index >= 15 is 0 Å². The first-order chi connectivity index (χ1) is 25.3. The van der Waals surface area contributed by atoms with Crippen LogP contribution in [0.1, 0.15) is 0 Å². The predicted molar refractivity (Wildman–Crippen MR) is 209 cm³/mol. The van der Waals surface area contributed by atoms with Crippen LogP contribution in [0, 0.1) is 0 Å². The number of aromatic nitrogens is 5. The Kier molecular flexibility index (Phi) is 6.12. The molecule has 5 nitrogen and oxygen atoms in total. The fourth-order valence-electron chi connectivity index (χ4n) is 7.64. The minimum atomic E-state index is 0.584. The molecule has 0 spiro atoms. The Bertz CT molecular complexity index is 3000. The van der Waals surface area contributed by atoms with Gasteiger partial charge in [0.1, 0.15) is 5.65 Å². The number of hydrogen-bond acceptors (Lipinski definition) is 4. The monoisotopic (exact) mass is 669 g/mol. The maximum atomic E-state index is 5.31. The van der Waals surface area contributed by atoms with Gasteiger partial charge in [0, 0.05) is 37.1 Å². The molecule has 0 fully saturated rings. The minimum Gasteiger partial charge on any atom is -0.293 e. The summed E-state index contributed by atoms with van der Waals surface area (Å²) < 4.78 is 4.66. The lowest BCUT2D eigenvalue weighted by molar-refractivity contribution is 0.927. The maximum Gasteiger partial charge on any atom is 0.239 e. The number of para-hydroxylation sites is 3. The summed E-state index contributed by atoms with van der Waals surface area (Å²) in [5.74, 6) is 1.85. The molecule has 1 aliphatic rings. The molecular formula is C45H27N5S. The Morgan fingerprint density at radius 1 is 0.431 bits per heavy atom. The minimum absolute atomic E-state index is 0.584. The van der Waals surface area contributed by atoms with Crippen molar-refractivity contribution in [2.75, 3.05) is 0 Å². The average Bonchev–Trinajstić information content (AvgIpc) is 3.72. The van der Waals surface area contributed by atoms with E-state index in [4.69, 9.17) is 15.0 Å². The molecule has 51 heavy (non-hydrogen) atoms. The molecule has 0 aliphatic carbocycles. The van der Waals surface area contributed by atoms with Crippen LogP contribution in [0.15, 0.2) is 174 Å². The van der Waals surface area contributed by atoms with Crippen LogP contribution in [0.2, 0.25) is 0 Å². The Labute approximate surface area is 297 Å². The fraction of sp³-hybridized carbons (Fsp3) is 0. The van der Waals surface area contributed by atoms with Crippen molar-refractivity contribution < 1.29 is 0 Å². The van der Waals surface area contributed by atoms with E-state index in [0.717, 1.165) is 33.4 Å². The van der Waals surface area contributed by atoms with E-state index < -0.39 is 0 Å². The highest BCUT2D eigenvalue weighted by Crippen LogP contribution is 2.49. The zero-order chi connectivity index (χ0) is 33.5. The molecule has 0 saturated heterocycles. The first-order valence-corrected chi connectivity index (χ1v) is 17.9. The van der Waals surface area contributed by atoms with Crippen molar-refractivity contribution in [2.24, 2.45) is 0 Å². The summed E-state index contributed by atoms with van der Waals surface area (Å²) in [6.45, 7) is 0. The summed E-state index contributed by atoms with van der Waals surface area (Å²) in [5.41, 5.74) is 8.75. The van der Waals surface area contributed by atoms with Crippen LogP contribution in [-0.2, 0) is 0 Å². The Balaban J connectivity index is 1.19. The van der Waals surface area contributed by atoms with Gasteiger partial charge in [-0.25, -0.2) is 4.98 Å². The van der Waals surface area contributed by atoms with Crippen LogP contribution < -0.4 is 0 Å². The Morgan fingerprint density at radius 2 is 1.06 bits per heavy atom. The van der Waals surface area contributed by atoms with Crippen molar-refractivity contribution >= 4 is 55.4 Å². The average molecular weight is 670 g/mol. The van der Waals surface area contributed by atoms with E-state index in [2.05, 4.69) is 155 Å². The van der Waals surface area contributed by atoms with Crippen molar-refractivity contribution in [3.63, 3.8) is 0 Å². The van der Waals surface area contributed by atoms with Crippen molar-refractivity contribution in [3.8, 4) is 45.5 Å². The second-order valence-electron chi connectivity index (χ2n) is 12.9. The first-order valence-electron chi connectivity index (χ1n) is 17.0. The lowest BCUT2D eigenvalue weighted by Crippen LogP contribution is -2.10. The smallest absolute Gasteiger partial charge is 0.239 e. The lowest BCUT2D eigenvalue weighted by atomic mass is 10.00. The molecule has 0 unspecified atom stereocenters. The lowest BCUT2D eigenvalue weighted by Gasteiger charge is -2.20. The summed E-state index contributed by atoms with van der Waals surface area (Å²) in [4.78, 5) is 18.1. The molecule has 238 valence electrons. The quantitative estimate of drug-likeness (QED) is 0.187. The van der Waals surface area contributed by atoms with E-state index in [9.17, 15) is 0 Å². The maximum absolute atomic E-state index is 5.31. The third kappa shape index (κ3) is 4.33. The molecule has 0 N–H and O–H groups in total. The molecule has 1 aliphatic heterocycles. The topological polar surface area (TPSA) is 48.5 Å². The first kappa shape index (κ1) is 28.3. The fourth-order valence-corrected chi connectivity index (χ4v) is 8.73. The predicted octanol–water partition coefficient (Wildman–Crippen LogP) is 11.5.